The van der Waals surface area contributed by atoms with Crippen molar-refractivity contribution in [2.24, 2.45) is 0 Å². The average molecular weight is 408 g/mol. The van der Waals surface area contributed by atoms with E-state index in [0.29, 0.717) is 23.4 Å². The van der Waals surface area contributed by atoms with E-state index in [2.05, 4.69) is 16.0 Å². The summed E-state index contributed by atoms with van der Waals surface area (Å²) in [6.07, 6.45) is -1.01. The Morgan fingerprint density at radius 3 is 2.20 bits per heavy atom. The second-order valence-electron chi connectivity index (χ2n) is 6.90. The highest BCUT2D eigenvalue weighted by atomic mass is 16.5. The number of ether oxygens (including phenoxy) is 1. The van der Waals surface area contributed by atoms with Crippen molar-refractivity contribution in [2.75, 3.05) is 5.32 Å². The molecule has 0 aromatic heterocycles. The molecule has 0 bridgehead atoms. The van der Waals surface area contributed by atoms with Crippen LogP contribution in [0.3, 0.4) is 0 Å². The van der Waals surface area contributed by atoms with Gasteiger partial charge in [-0.05, 0) is 62.7 Å². The topological polar surface area (TPSA) is 120 Å². The molecule has 1 atom stereocenters. The summed E-state index contributed by atoms with van der Waals surface area (Å²) in [7, 11) is 0. The molecule has 0 heterocycles. The molecule has 2 aromatic rings. The number of anilines is 1. The minimum atomic E-state index is -1.01. The molecular formula is C22H24N4O4. The molecule has 0 aliphatic rings. The predicted octanol–water partition coefficient (Wildman–Crippen LogP) is 2.95. The maximum atomic E-state index is 12.3. The highest BCUT2D eigenvalue weighted by Gasteiger charge is 2.19. The van der Waals surface area contributed by atoms with Gasteiger partial charge in [-0.25, -0.2) is 9.59 Å². The maximum Gasteiger partial charge on any atom is 0.338 e. The number of carbonyl (C=O) groups is 3. The van der Waals surface area contributed by atoms with Gasteiger partial charge in [-0.1, -0.05) is 12.1 Å². The molecule has 0 spiro atoms. The van der Waals surface area contributed by atoms with Crippen molar-refractivity contribution in [1.29, 1.82) is 5.26 Å². The van der Waals surface area contributed by atoms with Crippen LogP contribution in [0.5, 0.6) is 0 Å². The number of carbonyl (C=O) groups excluding carboxylic acids is 3. The van der Waals surface area contributed by atoms with Gasteiger partial charge in [0.05, 0.1) is 17.2 Å². The number of nitrogens with one attached hydrogen (secondary N) is 3. The van der Waals surface area contributed by atoms with Crippen LogP contribution >= 0.6 is 0 Å². The number of esters is 1. The van der Waals surface area contributed by atoms with E-state index in [1.165, 1.54) is 6.92 Å². The van der Waals surface area contributed by atoms with E-state index in [9.17, 15) is 14.4 Å². The fourth-order valence-corrected chi connectivity index (χ4v) is 2.41. The molecule has 8 heteroatoms. The van der Waals surface area contributed by atoms with Crippen LogP contribution in [0.15, 0.2) is 48.5 Å². The molecular weight excluding hydrogens is 384 g/mol. The van der Waals surface area contributed by atoms with E-state index in [1.807, 2.05) is 19.9 Å². The van der Waals surface area contributed by atoms with Gasteiger partial charge >= 0.3 is 12.0 Å². The molecule has 0 aliphatic carbocycles. The first-order valence-corrected chi connectivity index (χ1v) is 9.44. The predicted molar refractivity (Wildman–Crippen MR) is 112 cm³/mol. The van der Waals surface area contributed by atoms with Crippen molar-refractivity contribution < 1.29 is 19.1 Å². The first-order chi connectivity index (χ1) is 14.3. The Hall–Kier alpha value is -3.86. The molecule has 0 fully saturated rings. The highest BCUT2D eigenvalue weighted by molar-refractivity contribution is 5.97. The van der Waals surface area contributed by atoms with E-state index < -0.39 is 18.0 Å². The molecule has 0 saturated heterocycles. The third kappa shape index (κ3) is 6.95. The summed E-state index contributed by atoms with van der Waals surface area (Å²) in [6, 6.07) is 14.7. The van der Waals surface area contributed by atoms with Crippen LogP contribution in [0.4, 0.5) is 10.5 Å². The van der Waals surface area contributed by atoms with Gasteiger partial charge in [-0.15, -0.1) is 0 Å². The van der Waals surface area contributed by atoms with Crippen molar-refractivity contribution in [1.82, 2.24) is 10.6 Å². The van der Waals surface area contributed by atoms with Gasteiger partial charge in [0.1, 0.15) is 0 Å². The van der Waals surface area contributed by atoms with Crippen LogP contribution in [0.25, 0.3) is 0 Å². The Morgan fingerprint density at radius 2 is 1.63 bits per heavy atom. The number of hydrogen-bond donors (Lipinski definition) is 3. The van der Waals surface area contributed by atoms with E-state index in [0.717, 1.165) is 5.56 Å². The number of urea groups is 1. The largest absolute Gasteiger partial charge is 0.449 e. The van der Waals surface area contributed by atoms with E-state index >= 15 is 0 Å². The third-order valence-corrected chi connectivity index (χ3v) is 4.00. The summed E-state index contributed by atoms with van der Waals surface area (Å²) >= 11 is 0. The summed E-state index contributed by atoms with van der Waals surface area (Å²) in [6.45, 7) is 5.52. The lowest BCUT2D eigenvalue weighted by molar-refractivity contribution is -0.123. The minimum absolute atomic E-state index is 0.0400. The molecule has 0 radical (unpaired) electrons. The lowest BCUT2D eigenvalue weighted by Crippen LogP contribution is -2.39. The van der Waals surface area contributed by atoms with Crippen molar-refractivity contribution in [3.63, 3.8) is 0 Å². The molecule has 8 nitrogen and oxygen atoms in total. The molecule has 2 aromatic carbocycles. The Bertz CT molecular complexity index is 931. The lowest BCUT2D eigenvalue weighted by Gasteiger charge is -2.14. The zero-order chi connectivity index (χ0) is 22.1. The maximum absolute atomic E-state index is 12.3. The van der Waals surface area contributed by atoms with Crippen molar-refractivity contribution in [2.45, 2.75) is 39.5 Å². The first kappa shape index (κ1) is 22.4. The first-order valence-electron chi connectivity index (χ1n) is 9.44. The molecule has 0 unspecified atom stereocenters. The fraction of sp³-hybridized carbons (Fsp3) is 0.273. The standard InChI is InChI=1S/C22H24N4O4/c1-14(2)25-22(29)24-13-17-4-8-18(9-5-17)21(28)30-15(3)20(27)26-19-10-6-16(12-23)7-11-19/h4-11,14-15H,13H2,1-3H3,(H,26,27)(H2,24,25,29)/t15-/m1/s1. The van der Waals surface area contributed by atoms with Gasteiger partial charge in [0.15, 0.2) is 6.10 Å². The number of benzene rings is 2. The third-order valence-electron chi connectivity index (χ3n) is 4.00. The molecule has 0 saturated carbocycles. The van der Waals surface area contributed by atoms with Gasteiger partial charge in [0.25, 0.3) is 5.91 Å². The zero-order valence-electron chi connectivity index (χ0n) is 17.1. The van der Waals surface area contributed by atoms with Gasteiger partial charge in [0.2, 0.25) is 0 Å². The van der Waals surface area contributed by atoms with Crippen LogP contribution in [-0.4, -0.2) is 30.1 Å². The number of rotatable bonds is 7. The number of amides is 3. The van der Waals surface area contributed by atoms with Gasteiger partial charge < -0.3 is 20.7 Å². The van der Waals surface area contributed by atoms with Crippen LogP contribution in [0.2, 0.25) is 0 Å². The second kappa shape index (κ2) is 10.6. The molecule has 0 aliphatic heterocycles. The van der Waals surface area contributed by atoms with Gasteiger partial charge in [-0.2, -0.15) is 5.26 Å². The fourth-order valence-electron chi connectivity index (χ4n) is 2.41. The van der Waals surface area contributed by atoms with Gasteiger partial charge in [-0.3, -0.25) is 4.79 Å². The van der Waals surface area contributed by atoms with Crippen molar-refractivity contribution in [3.8, 4) is 6.07 Å². The monoisotopic (exact) mass is 408 g/mol. The average Bonchev–Trinajstić information content (AvgIpc) is 2.72. The summed E-state index contributed by atoms with van der Waals surface area (Å²) < 4.78 is 5.21. The van der Waals surface area contributed by atoms with E-state index in [-0.39, 0.29) is 12.1 Å². The summed E-state index contributed by atoms with van der Waals surface area (Å²) in [4.78, 5) is 36.1. The second-order valence-corrected chi connectivity index (χ2v) is 6.90. The minimum Gasteiger partial charge on any atom is -0.449 e. The summed E-state index contributed by atoms with van der Waals surface area (Å²) in [5.74, 6) is -1.11. The Morgan fingerprint density at radius 1 is 1.00 bits per heavy atom. The smallest absolute Gasteiger partial charge is 0.338 e. The lowest BCUT2D eigenvalue weighted by atomic mass is 10.1. The number of hydrogen-bond acceptors (Lipinski definition) is 5. The summed E-state index contributed by atoms with van der Waals surface area (Å²) in [5.41, 5.74) is 2.09. The molecule has 3 N–H and O–H groups in total. The van der Waals surface area contributed by atoms with Crippen LogP contribution < -0.4 is 16.0 Å². The molecule has 2 rings (SSSR count). The summed E-state index contributed by atoms with van der Waals surface area (Å²) in [5, 5.41) is 16.9. The Kier molecular flexibility index (Phi) is 7.94. The van der Waals surface area contributed by atoms with Crippen LogP contribution in [-0.2, 0) is 16.1 Å². The molecule has 3 amide bonds. The normalized spacial score (nSPS) is 11.2. The highest BCUT2D eigenvalue weighted by Crippen LogP contribution is 2.11. The Balaban J connectivity index is 1.86. The molecule has 156 valence electrons. The van der Waals surface area contributed by atoms with E-state index in [1.54, 1.807) is 48.5 Å². The number of nitriles is 1. The molecule has 30 heavy (non-hydrogen) atoms. The SMILES string of the molecule is CC(C)NC(=O)NCc1ccc(C(=O)O[C@H](C)C(=O)Nc2ccc(C#N)cc2)cc1. The Labute approximate surface area is 175 Å². The number of nitrogens with zero attached hydrogens (tertiary/aromatic N) is 1. The van der Waals surface area contributed by atoms with Gasteiger partial charge in [0, 0.05) is 18.3 Å². The quantitative estimate of drug-likeness (QED) is 0.608. The van der Waals surface area contributed by atoms with Crippen molar-refractivity contribution in [3.05, 3.63) is 65.2 Å². The van der Waals surface area contributed by atoms with Crippen LogP contribution in [0.1, 0.15) is 42.3 Å². The zero-order valence-corrected chi connectivity index (χ0v) is 17.1. The van der Waals surface area contributed by atoms with Crippen LogP contribution in [0, 0.1) is 11.3 Å². The van der Waals surface area contributed by atoms with E-state index in [4.69, 9.17) is 10.00 Å². The van der Waals surface area contributed by atoms with Crippen molar-refractivity contribution >= 4 is 23.6 Å².